The van der Waals surface area contributed by atoms with Crippen molar-refractivity contribution in [1.82, 2.24) is 14.7 Å². The van der Waals surface area contributed by atoms with Crippen LogP contribution in [0.4, 0.5) is 0 Å². The topological polar surface area (TPSA) is 224 Å². The Labute approximate surface area is 189 Å². The molecule has 0 fully saturated rings. The molecule has 174 valence electrons. The van der Waals surface area contributed by atoms with Gasteiger partial charge in [-0.05, 0) is 23.8 Å². The average molecular weight is 492 g/mol. The molecule has 2 aromatic heterocycles. The first-order valence-electron chi connectivity index (χ1n) is 9.63. The van der Waals surface area contributed by atoms with Gasteiger partial charge in [-0.15, -0.1) is 5.11 Å². The molecule has 0 radical (unpaired) electrons. The van der Waals surface area contributed by atoms with Crippen LogP contribution in [0.25, 0.3) is 22.2 Å². The summed E-state index contributed by atoms with van der Waals surface area (Å²) in [7, 11) is -8.93. The first-order chi connectivity index (χ1) is 15.6. The van der Waals surface area contributed by atoms with Gasteiger partial charge in [-0.3, -0.25) is 4.98 Å². The number of amidine groups is 1. The van der Waals surface area contributed by atoms with Gasteiger partial charge in [0.15, 0.2) is 12.5 Å². The van der Waals surface area contributed by atoms with E-state index in [2.05, 4.69) is 29.9 Å². The molecule has 0 saturated carbocycles. The molecule has 3 heterocycles. The van der Waals surface area contributed by atoms with Crippen molar-refractivity contribution >= 4 is 36.9 Å². The molecule has 0 amide bonds. The number of H-pyrrole nitrogens is 1. The van der Waals surface area contributed by atoms with Gasteiger partial charge in [0.05, 0.1) is 16.6 Å². The van der Waals surface area contributed by atoms with E-state index in [1.165, 1.54) is 12.3 Å². The summed E-state index contributed by atoms with van der Waals surface area (Å²) in [5.74, 6) is -0.0590. The number of fused-ring (bicyclic) bond motifs is 1. The normalized spacial score (nSPS) is 15.2. The third-order valence-corrected chi connectivity index (χ3v) is 7.50. The van der Waals surface area contributed by atoms with Crippen molar-refractivity contribution < 1.29 is 16.8 Å². The number of aromatic amines is 1. The van der Waals surface area contributed by atoms with Crippen LogP contribution in [0.1, 0.15) is 5.56 Å². The van der Waals surface area contributed by atoms with E-state index in [9.17, 15) is 16.8 Å². The lowest BCUT2D eigenvalue weighted by Crippen LogP contribution is -2.42. The molecule has 1 aliphatic heterocycles. The minimum absolute atomic E-state index is 0.0279. The van der Waals surface area contributed by atoms with Crippen LogP contribution in [0.3, 0.4) is 0 Å². The number of hydrogen-bond acceptors (Lipinski definition) is 10. The maximum Gasteiger partial charge on any atom is 0.241 e. The number of nitrogens with two attached hydrogens (primary N) is 3. The Bertz CT molecular complexity index is 1490. The molecular weight excluding hydrogens is 470 g/mol. The van der Waals surface area contributed by atoms with E-state index < -0.39 is 35.9 Å². The SMILES string of the molecule is NC[C@H](N)CNS(=O)(=O)c1ccc(-c2cnc3cc[nH]c3c2)c(C2=NCN=N2)c1S(N)(=O)=O. The summed E-state index contributed by atoms with van der Waals surface area (Å²) in [5.41, 5.74) is 13.3. The number of primary sulfonamides is 1. The van der Waals surface area contributed by atoms with Crippen molar-refractivity contribution in [2.24, 2.45) is 31.8 Å². The highest BCUT2D eigenvalue weighted by molar-refractivity contribution is 7.92. The molecule has 1 aromatic carbocycles. The molecule has 15 heteroatoms. The fourth-order valence-electron chi connectivity index (χ4n) is 3.34. The quantitative estimate of drug-likeness (QED) is 0.280. The molecule has 0 saturated heterocycles. The van der Waals surface area contributed by atoms with Gasteiger partial charge in [-0.2, -0.15) is 5.11 Å². The monoisotopic (exact) mass is 491 g/mol. The lowest BCUT2D eigenvalue weighted by atomic mass is 10.00. The van der Waals surface area contributed by atoms with Crippen LogP contribution in [0.2, 0.25) is 0 Å². The highest BCUT2D eigenvalue weighted by Gasteiger charge is 2.32. The summed E-state index contributed by atoms with van der Waals surface area (Å²) in [5, 5.41) is 13.2. The Morgan fingerprint density at radius 2 is 1.97 bits per heavy atom. The van der Waals surface area contributed by atoms with Gasteiger partial charge in [-0.25, -0.2) is 31.7 Å². The molecule has 0 unspecified atom stereocenters. The third-order valence-electron chi connectivity index (χ3n) is 4.92. The van der Waals surface area contributed by atoms with Crippen molar-refractivity contribution in [2.45, 2.75) is 15.8 Å². The minimum Gasteiger partial charge on any atom is -0.360 e. The molecule has 1 atom stereocenters. The lowest BCUT2D eigenvalue weighted by molar-refractivity contribution is 0.563. The van der Waals surface area contributed by atoms with Crippen LogP contribution in [0, 0.1) is 0 Å². The molecule has 1 aliphatic rings. The summed E-state index contributed by atoms with van der Waals surface area (Å²) < 4.78 is 53.8. The summed E-state index contributed by atoms with van der Waals surface area (Å²) in [6, 6.07) is 5.46. The summed E-state index contributed by atoms with van der Waals surface area (Å²) >= 11 is 0. The Balaban J connectivity index is 1.99. The molecule has 3 aromatic rings. The lowest BCUT2D eigenvalue weighted by Gasteiger charge is -2.18. The second kappa shape index (κ2) is 8.69. The van der Waals surface area contributed by atoms with Crippen molar-refractivity contribution in [3.05, 3.63) is 42.2 Å². The standard InChI is InChI=1S/C18H21N9O4S2/c19-6-11(20)8-26-33(30,31)15-2-1-12(10-5-14-13(23-7-10)3-4-22-14)16(17(15)32(21,28)29)18-24-9-25-27-18/h1-5,7,11,22,26H,6,8-9,19-20H2,(H2,21,28,29)/t11-/m0/s1. The number of hydrogen-bond donors (Lipinski definition) is 5. The predicted octanol–water partition coefficient (Wildman–Crippen LogP) is -0.388. The van der Waals surface area contributed by atoms with E-state index in [1.54, 1.807) is 18.3 Å². The van der Waals surface area contributed by atoms with E-state index in [0.717, 1.165) is 6.07 Å². The smallest absolute Gasteiger partial charge is 0.241 e. The second-order valence-electron chi connectivity index (χ2n) is 7.21. The Morgan fingerprint density at radius 1 is 1.18 bits per heavy atom. The fraction of sp³-hybridized carbons (Fsp3) is 0.222. The Morgan fingerprint density at radius 3 is 2.64 bits per heavy atom. The zero-order valence-electron chi connectivity index (χ0n) is 17.1. The first-order valence-corrected chi connectivity index (χ1v) is 12.7. The Hall–Kier alpha value is -3.08. The average Bonchev–Trinajstić information content (AvgIpc) is 3.47. The number of aromatic nitrogens is 2. The van der Waals surface area contributed by atoms with E-state index in [1.807, 2.05) is 0 Å². The molecule has 4 rings (SSSR count). The van der Waals surface area contributed by atoms with E-state index in [-0.39, 0.29) is 31.2 Å². The molecule has 33 heavy (non-hydrogen) atoms. The van der Waals surface area contributed by atoms with Gasteiger partial charge in [0.25, 0.3) is 0 Å². The molecular formula is C18H21N9O4S2. The molecule has 8 N–H and O–H groups in total. The maximum atomic E-state index is 13.0. The number of sulfonamides is 2. The van der Waals surface area contributed by atoms with Gasteiger partial charge in [0, 0.05) is 37.1 Å². The third kappa shape index (κ3) is 4.54. The first kappa shape index (κ1) is 23.1. The molecule has 13 nitrogen and oxygen atoms in total. The fourth-order valence-corrected chi connectivity index (χ4v) is 6.03. The van der Waals surface area contributed by atoms with Crippen LogP contribution in [-0.4, -0.2) is 58.4 Å². The highest BCUT2D eigenvalue weighted by atomic mass is 32.2. The van der Waals surface area contributed by atoms with Gasteiger partial charge >= 0.3 is 0 Å². The summed E-state index contributed by atoms with van der Waals surface area (Å²) in [6.07, 6.45) is 3.24. The predicted molar refractivity (Wildman–Crippen MR) is 121 cm³/mol. The molecule has 0 aliphatic carbocycles. The number of benzene rings is 1. The molecule has 0 bridgehead atoms. The van der Waals surface area contributed by atoms with Gasteiger partial charge < -0.3 is 16.5 Å². The summed E-state index contributed by atoms with van der Waals surface area (Å²) in [4.78, 5) is 10.3. The number of nitrogens with zero attached hydrogens (tertiary/aromatic N) is 4. The Kier molecular flexibility index (Phi) is 6.08. The minimum atomic E-state index is -4.58. The van der Waals surface area contributed by atoms with Crippen LogP contribution in [0.5, 0.6) is 0 Å². The summed E-state index contributed by atoms with van der Waals surface area (Å²) in [6.45, 7) is -0.207. The largest absolute Gasteiger partial charge is 0.360 e. The second-order valence-corrected chi connectivity index (χ2v) is 10.4. The van der Waals surface area contributed by atoms with Crippen LogP contribution < -0.4 is 21.3 Å². The van der Waals surface area contributed by atoms with Crippen LogP contribution >= 0.6 is 0 Å². The van der Waals surface area contributed by atoms with Crippen LogP contribution in [-0.2, 0) is 20.0 Å². The number of azo groups is 1. The highest BCUT2D eigenvalue weighted by Crippen LogP contribution is 2.35. The van der Waals surface area contributed by atoms with Gasteiger partial charge in [-0.1, -0.05) is 6.07 Å². The van der Waals surface area contributed by atoms with E-state index in [0.29, 0.717) is 22.2 Å². The number of pyridine rings is 1. The van der Waals surface area contributed by atoms with Crippen molar-refractivity contribution in [3.63, 3.8) is 0 Å². The molecule has 0 spiro atoms. The van der Waals surface area contributed by atoms with Crippen LogP contribution in [0.15, 0.2) is 61.7 Å². The van der Waals surface area contributed by atoms with Crippen molar-refractivity contribution in [3.8, 4) is 11.1 Å². The van der Waals surface area contributed by atoms with E-state index >= 15 is 0 Å². The zero-order chi connectivity index (χ0) is 23.8. The number of rotatable bonds is 8. The van der Waals surface area contributed by atoms with Gasteiger partial charge in [0.2, 0.25) is 20.0 Å². The number of nitrogens with one attached hydrogen (secondary N) is 2. The van der Waals surface area contributed by atoms with E-state index in [4.69, 9.17) is 16.6 Å². The zero-order valence-corrected chi connectivity index (χ0v) is 18.8. The number of aliphatic imine (C=N–C) groups is 1. The van der Waals surface area contributed by atoms with Crippen molar-refractivity contribution in [2.75, 3.05) is 19.8 Å². The maximum absolute atomic E-state index is 13.0. The van der Waals surface area contributed by atoms with Gasteiger partial charge in [0.1, 0.15) is 9.79 Å². The van der Waals surface area contributed by atoms with Crippen molar-refractivity contribution in [1.29, 1.82) is 0 Å².